The number of nitrogens with zero attached hydrogens (tertiary/aromatic N) is 1. The van der Waals surface area contributed by atoms with E-state index in [4.69, 9.17) is 0 Å². The number of hydrogen-bond acceptors (Lipinski definition) is 1. The minimum Gasteiger partial charge on any atom is -0.312 e. The number of H-pyrrole nitrogens is 1. The maximum absolute atomic E-state index is 13.2. The molecule has 0 spiro atoms. The summed E-state index contributed by atoms with van der Waals surface area (Å²) >= 11 is 0. The minimum atomic E-state index is -1.03. The zero-order chi connectivity index (χ0) is 10.1. The molecule has 0 unspecified atom stereocenters. The molecule has 1 N–H and O–H groups in total. The van der Waals surface area contributed by atoms with Crippen LogP contribution < -0.4 is 5.69 Å². The van der Waals surface area contributed by atoms with E-state index in [0.717, 1.165) is 10.6 Å². The zero-order valence-electron chi connectivity index (χ0n) is 7.00. The third kappa shape index (κ3) is 1.22. The summed E-state index contributed by atoms with van der Waals surface area (Å²) in [6, 6.07) is 3.66. The van der Waals surface area contributed by atoms with Crippen LogP contribution in [0.5, 0.6) is 0 Å². The summed E-state index contributed by atoms with van der Waals surface area (Å²) in [7, 11) is 0. The Hall–Kier alpha value is -1.91. The van der Waals surface area contributed by atoms with Gasteiger partial charge < -0.3 is 4.98 Å². The molecule has 0 saturated heterocycles. The summed E-state index contributed by atoms with van der Waals surface area (Å²) in [5.74, 6) is -2.01. The summed E-state index contributed by atoms with van der Waals surface area (Å²) in [4.78, 5) is 13.4. The first-order valence-electron chi connectivity index (χ1n) is 3.90. The van der Waals surface area contributed by atoms with E-state index in [0.29, 0.717) is 0 Å². The number of aromatic amines is 1. The van der Waals surface area contributed by atoms with Gasteiger partial charge in [-0.05, 0) is 12.1 Å². The topological polar surface area (TPSA) is 37.8 Å². The third-order valence-corrected chi connectivity index (χ3v) is 1.84. The highest BCUT2D eigenvalue weighted by molar-refractivity contribution is 5.33. The molecular weight excluding hydrogens is 190 g/mol. The summed E-state index contributed by atoms with van der Waals surface area (Å²) < 4.78 is 27.0. The van der Waals surface area contributed by atoms with Crippen LogP contribution in [-0.2, 0) is 0 Å². The van der Waals surface area contributed by atoms with E-state index in [1.54, 1.807) is 0 Å². The van der Waals surface area contributed by atoms with E-state index in [-0.39, 0.29) is 5.69 Å². The largest absolute Gasteiger partial charge is 0.330 e. The van der Waals surface area contributed by atoms with E-state index in [2.05, 4.69) is 4.98 Å². The number of benzene rings is 1. The first kappa shape index (κ1) is 8.68. The number of halogens is 2. The van der Waals surface area contributed by atoms with Gasteiger partial charge in [0.15, 0.2) is 11.6 Å². The van der Waals surface area contributed by atoms with Crippen LogP contribution >= 0.6 is 0 Å². The molecule has 0 atom stereocenters. The van der Waals surface area contributed by atoms with Crippen molar-refractivity contribution in [2.75, 3.05) is 0 Å². The Labute approximate surface area is 77.6 Å². The molecule has 0 fully saturated rings. The second kappa shape index (κ2) is 3.10. The fourth-order valence-corrected chi connectivity index (χ4v) is 1.19. The van der Waals surface area contributed by atoms with Crippen molar-refractivity contribution in [2.45, 2.75) is 0 Å². The van der Waals surface area contributed by atoms with Gasteiger partial charge in [-0.3, -0.25) is 4.57 Å². The van der Waals surface area contributed by atoms with Crippen LogP contribution in [-0.4, -0.2) is 9.55 Å². The highest BCUT2D eigenvalue weighted by atomic mass is 19.2. The molecule has 0 bridgehead atoms. The Morgan fingerprint density at radius 1 is 1.29 bits per heavy atom. The Kier molecular flexibility index (Phi) is 1.92. The number of nitrogens with one attached hydrogen (secondary N) is 1. The molecular formula is C9H6F2N2O. The molecule has 3 nitrogen and oxygen atoms in total. The average Bonchev–Trinajstić information content (AvgIpc) is 2.57. The van der Waals surface area contributed by atoms with Gasteiger partial charge >= 0.3 is 5.69 Å². The van der Waals surface area contributed by atoms with Crippen LogP contribution in [0, 0.1) is 11.6 Å². The van der Waals surface area contributed by atoms with Crippen molar-refractivity contribution < 1.29 is 8.78 Å². The van der Waals surface area contributed by atoms with Gasteiger partial charge in [-0.25, -0.2) is 13.6 Å². The highest BCUT2D eigenvalue weighted by Gasteiger charge is 2.10. The normalized spacial score (nSPS) is 10.4. The van der Waals surface area contributed by atoms with E-state index in [9.17, 15) is 13.6 Å². The van der Waals surface area contributed by atoms with Gasteiger partial charge in [0.2, 0.25) is 0 Å². The lowest BCUT2D eigenvalue weighted by Crippen LogP contribution is -2.15. The molecule has 1 aromatic heterocycles. The van der Waals surface area contributed by atoms with Crippen LogP contribution in [0.15, 0.2) is 35.4 Å². The number of rotatable bonds is 1. The third-order valence-electron chi connectivity index (χ3n) is 1.84. The molecule has 14 heavy (non-hydrogen) atoms. The second-order valence-corrected chi connectivity index (χ2v) is 2.71. The molecule has 2 rings (SSSR count). The van der Waals surface area contributed by atoms with Crippen molar-refractivity contribution in [1.82, 2.24) is 9.55 Å². The van der Waals surface area contributed by atoms with Crippen molar-refractivity contribution >= 4 is 0 Å². The molecule has 0 aliphatic rings. The van der Waals surface area contributed by atoms with E-state index < -0.39 is 17.3 Å². The lowest BCUT2D eigenvalue weighted by molar-refractivity contribution is 0.503. The molecule has 72 valence electrons. The summed E-state index contributed by atoms with van der Waals surface area (Å²) in [5.41, 5.74) is -0.606. The molecule has 0 aliphatic carbocycles. The Morgan fingerprint density at radius 2 is 2.07 bits per heavy atom. The molecule has 1 aromatic carbocycles. The Morgan fingerprint density at radius 3 is 2.71 bits per heavy atom. The smallest absolute Gasteiger partial charge is 0.312 e. The molecule has 0 aliphatic heterocycles. The van der Waals surface area contributed by atoms with Crippen molar-refractivity contribution in [1.29, 1.82) is 0 Å². The van der Waals surface area contributed by atoms with E-state index >= 15 is 0 Å². The SMILES string of the molecule is O=c1[nH]ccn1-c1cccc(F)c1F. The number of hydrogen-bond donors (Lipinski definition) is 1. The fourth-order valence-electron chi connectivity index (χ4n) is 1.19. The fraction of sp³-hybridized carbons (Fsp3) is 0. The van der Waals surface area contributed by atoms with Gasteiger partial charge in [0, 0.05) is 12.4 Å². The van der Waals surface area contributed by atoms with Crippen LogP contribution in [0.1, 0.15) is 0 Å². The lowest BCUT2D eigenvalue weighted by Gasteiger charge is -2.02. The monoisotopic (exact) mass is 196 g/mol. The Balaban J connectivity index is 2.69. The van der Waals surface area contributed by atoms with Gasteiger partial charge in [-0.1, -0.05) is 6.07 Å². The van der Waals surface area contributed by atoms with Gasteiger partial charge in [0.25, 0.3) is 0 Å². The first-order chi connectivity index (χ1) is 6.70. The van der Waals surface area contributed by atoms with Crippen LogP contribution in [0.25, 0.3) is 5.69 Å². The summed E-state index contributed by atoms with van der Waals surface area (Å²) in [5, 5.41) is 0. The van der Waals surface area contributed by atoms with E-state index in [1.165, 1.54) is 24.5 Å². The highest BCUT2D eigenvalue weighted by Crippen LogP contribution is 2.13. The van der Waals surface area contributed by atoms with Crippen molar-refractivity contribution in [2.24, 2.45) is 0 Å². The van der Waals surface area contributed by atoms with Crippen LogP contribution in [0.4, 0.5) is 8.78 Å². The van der Waals surface area contributed by atoms with E-state index in [1.807, 2.05) is 0 Å². The maximum atomic E-state index is 13.2. The lowest BCUT2D eigenvalue weighted by atomic mass is 10.3. The van der Waals surface area contributed by atoms with Gasteiger partial charge in [0.05, 0.1) is 5.69 Å². The van der Waals surface area contributed by atoms with Gasteiger partial charge in [-0.2, -0.15) is 0 Å². The Bertz CT molecular complexity index is 516. The van der Waals surface area contributed by atoms with Gasteiger partial charge in [0.1, 0.15) is 0 Å². The van der Waals surface area contributed by atoms with Crippen molar-refractivity contribution in [3.8, 4) is 5.69 Å². The zero-order valence-corrected chi connectivity index (χ0v) is 7.00. The average molecular weight is 196 g/mol. The molecule has 2 aromatic rings. The number of imidazole rings is 1. The number of aromatic nitrogens is 2. The van der Waals surface area contributed by atoms with Crippen molar-refractivity contribution in [3.63, 3.8) is 0 Å². The van der Waals surface area contributed by atoms with Crippen LogP contribution in [0.3, 0.4) is 0 Å². The molecule has 0 radical (unpaired) electrons. The summed E-state index contributed by atoms with van der Waals surface area (Å²) in [6.07, 6.45) is 2.69. The molecule has 0 amide bonds. The predicted molar refractivity (Wildman–Crippen MR) is 46.3 cm³/mol. The van der Waals surface area contributed by atoms with Crippen molar-refractivity contribution in [3.05, 3.63) is 52.7 Å². The molecule has 5 heteroatoms. The minimum absolute atomic E-state index is 0.101. The quantitative estimate of drug-likeness (QED) is 0.736. The maximum Gasteiger partial charge on any atom is 0.330 e. The van der Waals surface area contributed by atoms with Gasteiger partial charge in [-0.15, -0.1) is 0 Å². The standard InChI is InChI=1S/C9H6F2N2O/c10-6-2-1-3-7(8(6)11)13-5-4-12-9(13)14/h1-5H,(H,12,14). The second-order valence-electron chi connectivity index (χ2n) is 2.71. The first-order valence-corrected chi connectivity index (χ1v) is 3.90. The molecule has 0 saturated carbocycles. The predicted octanol–water partition coefficient (Wildman–Crippen LogP) is 1.44. The molecule has 1 heterocycles. The van der Waals surface area contributed by atoms with Crippen LogP contribution in [0.2, 0.25) is 0 Å². The summed E-state index contributed by atoms with van der Waals surface area (Å²) in [6.45, 7) is 0.